The van der Waals surface area contributed by atoms with E-state index < -0.39 is 0 Å². The zero-order chi connectivity index (χ0) is 11.0. The van der Waals surface area contributed by atoms with Gasteiger partial charge in [-0.1, -0.05) is 24.3 Å². The summed E-state index contributed by atoms with van der Waals surface area (Å²) in [6.45, 7) is 0. The van der Waals surface area contributed by atoms with Crippen molar-refractivity contribution in [2.45, 2.75) is 0 Å². The molecule has 0 atom stereocenters. The summed E-state index contributed by atoms with van der Waals surface area (Å²) >= 11 is 1.47. The predicted octanol–water partition coefficient (Wildman–Crippen LogP) is 3.46. The highest BCUT2D eigenvalue weighted by Gasteiger charge is 2.12. The van der Waals surface area contributed by atoms with E-state index >= 15 is 0 Å². The van der Waals surface area contributed by atoms with E-state index in [1.807, 2.05) is 47.8 Å². The number of H-pyrrole nitrogens is 1. The average Bonchev–Trinajstić information content (AvgIpc) is 2.97. The van der Waals surface area contributed by atoms with Gasteiger partial charge in [0.25, 0.3) is 0 Å². The van der Waals surface area contributed by atoms with E-state index in [2.05, 4.69) is 4.98 Å². The molecular formula is C13H9NOS. The van der Waals surface area contributed by atoms with Crippen LogP contribution in [0.2, 0.25) is 0 Å². The molecule has 0 amide bonds. The summed E-state index contributed by atoms with van der Waals surface area (Å²) in [6, 6.07) is 13.5. The Hall–Kier alpha value is -1.87. The fraction of sp³-hybridized carbons (Fsp3) is 0. The van der Waals surface area contributed by atoms with E-state index in [1.54, 1.807) is 0 Å². The molecule has 0 aliphatic rings. The molecule has 1 aromatic carbocycles. The van der Waals surface area contributed by atoms with Gasteiger partial charge in [-0.3, -0.25) is 4.79 Å². The number of carbonyl (C=O) groups is 1. The lowest BCUT2D eigenvalue weighted by Gasteiger charge is -1.91. The van der Waals surface area contributed by atoms with E-state index in [4.69, 9.17) is 0 Å². The van der Waals surface area contributed by atoms with Crippen molar-refractivity contribution < 1.29 is 4.79 Å². The van der Waals surface area contributed by atoms with Crippen molar-refractivity contribution in [3.8, 4) is 0 Å². The van der Waals surface area contributed by atoms with Gasteiger partial charge in [0, 0.05) is 10.9 Å². The third-order valence-corrected chi connectivity index (χ3v) is 3.39. The molecular weight excluding hydrogens is 218 g/mol. The standard InChI is InChI=1S/C13H9NOS/c15-13(12-6-3-7-16-12)11-8-9-4-1-2-5-10(9)14-11/h1-8,14H. The van der Waals surface area contributed by atoms with Gasteiger partial charge in [0.2, 0.25) is 5.78 Å². The Balaban J connectivity index is 2.10. The van der Waals surface area contributed by atoms with Crippen molar-refractivity contribution in [2.75, 3.05) is 0 Å². The second-order valence-electron chi connectivity index (χ2n) is 3.58. The zero-order valence-electron chi connectivity index (χ0n) is 8.44. The fourth-order valence-corrected chi connectivity index (χ4v) is 2.41. The Bertz CT molecular complexity index is 604. The quantitative estimate of drug-likeness (QED) is 0.668. The van der Waals surface area contributed by atoms with Gasteiger partial charge >= 0.3 is 0 Å². The number of carbonyl (C=O) groups excluding carboxylic acids is 1. The number of aromatic amines is 1. The number of ketones is 1. The molecule has 0 radical (unpaired) electrons. The van der Waals surface area contributed by atoms with E-state index in [1.165, 1.54) is 11.3 Å². The first kappa shape index (κ1) is 9.36. The van der Waals surface area contributed by atoms with Crippen LogP contribution in [0.4, 0.5) is 0 Å². The van der Waals surface area contributed by atoms with Crippen LogP contribution in [0.25, 0.3) is 10.9 Å². The monoisotopic (exact) mass is 227 g/mol. The van der Waals surface area contributed by atoms with E-state index in [-0.39, 0.29) is 5.78 Å². The topological polar surface area (TPSA) is 32.9 Å². The Morgan fingerprint density at radius 1 is 1.12 bits per heavy atom. The normalized spacial score (nSPS) is 10.8. The Kier molecular flexibility index (Phi) is 2.11. The number of fused-ring (bicyclic) bond motifs is 1. The smallest absolute Gasteiger partial charge is 0.219 e. The lowest BCUT2D eigenvalue weighted by Crippen LogP contribution is -1.97. The van der Waals surface area contributed by atoms with Gasteiger partial charge in [-0.05, 0) is 23.6 Å². The van der Waals surface area contributed by atoms with Crippen LogP contribution in [0.5, 0.6) is 0 Å². The summed E-state index contributed by atoms with van der Waals surface area (Å²) in [7, 11) is 0. The van der Waals surface area contributed by atoms with Crippen LogP contribution in [0, 0.1) is 0 Å². The molecule has 2 aromatic heterocycles. The maximum Gasteiger partial charge on any atom is 0.219 e. The SMILES string of the molecule is O=C(c1cc2ccccc2[nH]1)c1cccs1. The maximum absolute atomic E-state index is 12.1. The molecule has 2 heterocycles. The van der Waals surface area contributed by atoms with Crippen LogP contribution < -0.4 is 0 Å². The third kappa shape index (κ3) is 1.46. The van der Waals surface area contributed by atoms with Crippen molar-refractivity contribution >= 4 is 28.0 Å². The lowest BCUT2D eigenvalue weighted by atomic mass is 10.2. The molecule has 0 aliphatic carbocycles. The predicted molar refractivity (Wildman–Crippen MR) is 66.1 cm³/mol. The first-order chi connectivity index (χ1) is 7.84. The van der Waals surface area contributed by atoms with Crippen LogP contribution in [0.15, 0.2) is 47.8 Å². The van der Waals surface area contributed by atoms with Crippen molar-refractivity contribution in [2.24, 2.45) is 0 Å². The van der Waals surface area contributed by atoms with Crippen LogP contribution in [-0.2, 0) is 0 Å². The van der Waals surface area contributed by atoms with Gasteiger partial charge in [0.05, 0.1) is 10.6 Å². The van der Waals surface area contributed by atoms with Crippen LogP contribution in [-0.4, -0.2) is 10.8 Å². The lowest BCUT2D eigenvalue weighted by molar-refractivity contribution is 0.103. The molecule has 0 saturated heterocycles. The van der Waals surface area contributed by atoms with Gasteiger partial charge in [0.1, 0.15) is 0 Å². The minimum absolute atomic E-state index is 0.0613. The summed E-state index contributed by atoms with van der Waals surface area (Å²) in [4.78, 5) is 16.0. The fourth-order valence-electron chi connectivity index (χ4n) is 1.74. The first-order valence-electron chi connectivity index (χ1n) is 5.00. The van der Waals surface area contributed by atoms with Gasteiger partial charge in [0.15, 0.2) is 0 Å². The van der Waals surface area contributed by atoms with Crippen molar-refractivity contribution in [1.29, 1.82) is 0 Å². The second kappa shape index (κ2) is 3.61. The number of nitrogens with one attached hydrogen (secondary N) is 1. The van der Waals surface area contributed by atoms with Crippen molar-refractivity contribution in [3.05, 3.63) is 58.4 Å². The molecule has 78 valence electrons. The van der Waals surface area contributed by atoms with E-state index in [0.717, 1.165) is 15.8 Å². The number of thiophene rings is 1. The minimum Gasteiger partial charge on any atom is -0.352 e. The molecule has 2 nitrogen and oxygen atoms in total. The van der Waals surface area contributed by atoms with Crippen LogP contribution in [0.1, 0.15) is 15.4 Å². The summed E-state index contributed by atoms with van der Waals surface area (Å²) in [6.07, 6.45) is 0. The summed E-state index contributed by atoms with van der Waals surface area (Å²) < 4.78 is 0. The first-order valence-corrected chi connectivity index (χ1v) is 5.88. The molecule has 0 aliphatic heterocycles. The highest BCUT2D eigenvalue weighted by atomic mass is 32.1. The molecule has 3 aromatic rings. The maximum atomic E-state index is 12.1. The number of hydrogen-bond donors (Lipinski definition) is 1. The number of aromatic nitrogens is 1. The van der Waals surface area contributed by atoms with E-state index in [0.29, 0.717) is 5.69 Å². The molecule has 16 heavy (non-hydrogen) atoms. The molecule has 0 spiro atoms. The highest BCUT2D eigenvalue weighted by Crippen LogP contribution is 2.19. The molecule has 0 fully saturated rings. The largest absolute Gasteiger partial charge is 0.352 e. The molecule has 0 bridgehead atoms. The van der Waals surface area contributed by atoms with Gasteiger partial charge in [-0.2, -0.15) is 0 Å². The summed E-state index contributed by atoms with van der Waals surface area (Å²) in [5.41, 5.74) is 1.66. The summed E-state index contributed by atoms with van der Waals surface area (Å²) in [5, 5.41) is 2.98. The number of benzene rings is 1. The number of para-hydroxylation sites is 1. The molecule has 0 unspecified atom stereocenters. The number of hydrogen-bond acceptors (Lipinski definition) is 2. The second-order valence-corrected chi connectivity index (χ2v) is 4.52. The number of rotatable bonds is 2. The Labute approximate surface area is 96.5 Å². The third-order valence-electron chi connectivity index (χ3n) is 2.52. The Morgan fingerprint density at radius 3 is 2.75 bits per heavy atom. The zero-order valence-corrected chi connectivity index (χ0v) is 9.25. The Morgan fingerprint density at radius 2 is 2.00 bits per heavy atom. The molecule has 0 saturated carbocycles. The van der Waals surface area contributed by atoms with Crippen molar-refractivity contribution in [3.63, 3.8) is 0 Å². The van der Waals surface area contributed by atoms with Crippen molar-refractivity contribution in [1.82, 2.24) is 4.98 Å². The van der Waals surface area contributed by atoms with Gasteiger partial charge in [-0.25, -0.2) is 0 Å². The van der Waals surface area contributed by atoms with E-state index in [9.17, 15) is 4.79 Å². The van der Waals surface area contributed by atoms with Crippen LogP contribution in [0.3, 0.4) is 0 Å². The molecule has 3 rings (SSSR count). The summed E-state index contributed by atoms with van der Waals surface area (Å²) in [5.74, 6) is 0.0613. The molecule has 3 heteroatoms. The molecule has 1 N–H and O–H groups in total. The van der Waals surface area contributed by atoms with Crippen LogP contribution >= 0.6 is 11.3 Å². The van der Waals surface area contributed by atoms with Gasteiger partial charge in [-0.15, -0.1) is 11.3 Å². The minimum atomic E-state index is 0.0613. The van der Waals surface area contributed by atoms with Gasteiger partial charge < -0.3 is 4.98 Å². The average molecular weight is 227 g/mol. The highest BCUT2D eigenvalue weighted by molar-refractivity contribution is 7.12.